The summed E-state index contributed by atoms with van der Waals surface area (Å²) in [6, 6.07) is 0. The Labute approximate surface area is 152 Å². The maximum Gasteiger partial charge on any atom is 0.302 e. The molecule has 0 radical (unpaired) electrons. The van der Waals surface area contributed by atoms with Gasteiger partial charge in [-0.3, -0.25) is 4.79 Å². The fourth-order valence-electron chi connectivity index (χ4n) is 7.80. The summed E-state index contributed by atoms with van der Waals surface area (Å²) >= 11 is 0. The predicted octanol–water partition coefficient (Wildman–Crippen LogP) is 4.71. The molecule has 4 rings (SSSR count). The Balaban J connectivity index is 1.58. The minimum absolute atomic E-state index is 0.117. The lowest BCUT2D eigenvalue weighted by atomic mass is 9.43. The molecule has 4 fully saturated rings. The Kier molecular flexibility index (Phi) is 4.07. The van der Waals surface area contributed by atoms with Gasteiger partial charge in [-0.05, 0) is 92.3 Å². The molecule has 0 bridgehead atoms. The van der Waals surface area contributed by atoms with Crippen molar-refractivity contribution < 1.29 is 14.6 Å². The molecular weight excluding hydrogens is 312 g/mol. The van der Waals surface area contributed by atoms with Crippen LogP contribution in [-0.4, -0.2) is 22.8 Å². The van der Waals surface area contributed by atoms with Crippen molar-refractivity contribution in [1.82, 2.24) is 0 Å². The van der Waals surface area contributed by atoms with E-state index in [2.05, 4.69) is 20.8 Å². The normalized spacial score (nSPS) is 55.0. The van der Waals surface area contributed by atoms with Crippen molar-refractivity contribution in [2.75, 3.05) is 0 Å². The highest BCUT2D eigenvalue weighted by molar-refractivity contribution is 5.66. The number of rotatable bonds is 1. The fraction of sp³-hybridized carbons (Fsp3) is 0.955. The number of esters is 1. The van der Waals surface area contributed by atoms with Gasteiger partial charge in [-0.15, -0.1) is 0 Å². The standard InChI is InChI=1S/C22H36O3/c1-14-7-12-22(24)19-6-5-16-13-17(25-15(2)23)8-10-20(16,3)18(19)9-11-21(14,22)4/h14,16-19,24H,5-13H2,1-4H3/t14-,16+,17-,18-,19+,20-,21+,22-/m0/s1. The summed E-state index contributed by atoms with van der Waals surface area (Å²) in [6.45, 7) is 8.75. The molecule has 3 nitrogen and oxygen atoms in total. The molecule has 0 unspecified atom stereocenters. The average Bonchev–Trinajstić information content (AvgIpc) is 2.79. The van der Waals surface area contributed by atoms with E-state index in [-0.39, 0.29) is 17.5 Å². The van der Waals surface area contributed by atoms with E-state index in [0.29, 0.717) is 29.1 Å². The lowest BCUT2D eigenvalue weighted by molar-refractivity contribution is -0.210. The maximum atomic E-state index is 11.8. The number of ether oxygens (including phenoxy) is 1. The summed E-state index contributed by atoms with van der Waals surface area (Å²) < 4.78 is 5.55. The molecule has 4 aliphatic carbocycles. The van der Waals surface area contributed by atoms with Crippen molar-refractivity contribution in [1.29, 1.82) is 0 Å². The highest BCUT2D eigenvalue weighted by atomic mass is 16.5. The second kappa shape index (κ2) is 5.71. The Morgan fingerprint density at radius 3 is 2.48 bits per heavy atom. The van der Waals surface area contributed by atoms with Crippen LogP contribution in [0, 0.1) is 34.5 Å². The monoisotopic (exact) mass is 348 g/mol. The molecule has 25 heavy (non-hydrogen) atoms. The van der Waals surface area contributed by atoms with E-state index in [9.17, 15) is 9.90 Å². The molecule has 0 saturated heterocycles. The van der Waals surface area contributed by atoms with Crippen molar-refractivity contribution in [2.45, 2.75) is 97.2 Å². The van der Waals surface area contributed by atoms with Gasteiger partial charge in [0, 0.05) is 6.92 Å². The van der Waals surface area contributed by atoms with Crippen molar-refractivity contribution in [3.05, 3.63) is 0 Å². The minimum Gasteiger partial charge on any atom is -0.463 e. The number of hydrogen-bond donors (Lipinski definition) is 1. The molecule has 4 saturated carbocycles. The summed E-state index contributed by atoms with van der Waals surface area (Å²) in [6.07, 6.45) is 10.3. The van der Waals surface area contributed by atoms with Gasteiger partial charge in [0.15, 0.2) is 0 Å². The van der Waals surface area contributed by atoms with Gasteiger partial charge >= 0.3 is 5.97 Å². The van der Waals surface area contributed by atoms with Crippen molar-refractivity contribution in [3.8, 4) is 0 Å². The Hall–Kier alpha value is -0.570. The van der Waals surface area contributed by atoms with E-state index in [1.807, 2.05) is 0 Å². The highest BCUT2D eigenvalue weighted by Gasteiger charge is 2.66. The minimum atomic E-state index is -0.448. The van der Waals surface area contributed by atoms with Gasteiger partial charge in [0.2, 0.25) is 0 Å². The molecule has 0 spiro atoms. The van der Waals surface area contributed by atoms with Gasteiger partial charge in [-0.1, -0.05) is 20.8 Å². The third-order valence-electron chi connectivity index (χ3n) is 9.60. The van der Waals surface area contributed by atoms with Crippen LogP contribution in [0.5, 0.6) is 0 Å². The lowest BCUT2D eigenvalue weighted by Gasteiger charge is -2.63. The van der Waals surface area contributed by atoms with Crippen LogP contribution in [0.4, 0.5) is 0 Å². The first-order valence-corrected chi connectivity index (χ1v) is 10.6. The van der Waals surface area contributed by atoms with E-state index < -0.39 is 5.60 Å². The van der Waals surface area contributed by atoms with Gasteiger partial charge in [-0.2, -0.15) is 0 Å². The van der Waals surface area contributed by atoms with Crippen LogP contribution in [0.2, 0.25) is 0 Å². The smallest absolute Gasteiger partial charge is 0.302 e. The summed E-state index contributed by atoms with van der Waals surface area (Å²) in [5.74, 6) is 2.28. The maximum absolute atomic E-state index is 11.8. The average molecular weight is 349 g/mol. The van der Waals surface area contributed by atoms with Crippen LogP contribution < -0.4 is 0 Å². The summed E-state index contributed by atoms with van der Waals surface area (Å²) in [7, 11) is 0. The SMILES string of the molecule is CC(=O)O[C@H]1CC[C@@]2(C)[C@H](CC[C@@H]3[C@@H]2CC[C@]2(C)[C@@H](C)CC[C@]32O)C1. The second-order valence-electron chi connectivity index (χ2n) is 10.3. The van der Waals surface area contributed by atoms with Gasteiger partial charge in [0.1, 0.15) is 6.10 Å². The second-order valence-corrected chi connectivity index (χ2v) is 10.3. The number of aliphatic hydroxyl groups is 1. The number of fused-ring (bicyclic) bond motifs is 5. The van der Waals surface area contributed by atoms with E-state index >= 15 is 0 Å². The van der Waals surface area contributed by atoms with Crippen LogP contribution in [0.3, 0.4) is 0 Å². The molecule has 4 aliphatic rings. The van der Waals surface area contributed by atoms with Crippen LogP contribution in [0.1, 0.15) is 85.5 Å². The largest absolute Gasteiger partial charge is 0.463 e. The number of hydrogen-bond acceptors (Lipinski definition) is 3. The number of carbonyl (C=O) groups is 1. The van der Waals surface area contributed by atoms with Gasteiger partial charge in [-0.25, -0.2) is 0 Å². The van der Waals surface area contributed by atoms with Crippen molar-refractivity contribution in [3.63, 3.8) is 0 Å². The number of carbonyl (C=O) groups excluding carboxylic acids is 1. The Morgan fingerprint density at radius 2 is 1.76 bits per heavy atom. The highest BCUT2D eigenvalue weighted by Crippen LogP contribution is 2.68. The lowest BCUT2D eigenvalue weighted by Crippen LogP contribution is -2.62. The first kappa shape index (κ1) is 17.8. The molecule has 0 aromatic carbocycles. The molecule has 0 heterocycles. The molecule has 0 amide bonds. The zero-order valence-corrected chi connectivity index (χ0v) is 16.5. The van der Waals surface area contributed by atoms with E-state index in [1.165, 1.54) is 32.6 Å². The van der Waals surface area contributed by atoms with Crippen LogP contribution >= 0.6 is 0 Å². The summed E-state index contributed by atoms with van der Waals surface area (Å²) in [5.41, 5.74) is -0.00912. The van der Waals surface area contributed by atoms with Crippen molar-refractivity contribution >= 4 is 5.97 Å². The fourth-order valence-corrected chi connectivity index (χ4v) is 7.80. The molecule has 0 aromatic heterocycles. The van der Waals surface area contributed by atoms with E-state index in [4.69, 9.17) is 4.74 Å². The zero-order chi connectivity index (χ0) is 18.0. The predicted molar refractivity (Wildman–Crippen MR) is 97.9 cm³/mol. The molecular formula is C22H36O3. The Morgan fingerprint density at radius 1 is 1.00 bits per heavy atom. The van der Waals surface area contributed by atoms with E-state index in [1.54, 1.807) is 0 Å². The molecule has 142 valence electrons. The first-order chi connectivity index (χ1) is 11.7. The van der Waals surface area contributed by atoms with Crippen LogP contribution in [0.25, 0.3) is 0 Å². The first-order valence-electron chi connectivity index (χ1n) is 10.6. The van der Waals surface area contributed by atoms with Gasteiger partial charge < -0.3 is 9.84 Å². The van der Waals surface area contributed by atoms with E-state index in [0.717, 1.165) is 32.1 Å². The topological polar surface area (TPSA) is 46.5 Å². The quantitative estimate of drug-likeness (QED) is 0.698. The molecule has 0 aliphatic heterocycles. The van der Waals surface area contributed by atoms with Gasteiger partial charge in [0.25, 0.3) is 0 Å². The third-order valence-corrected chi connectivity index (χ3v) is 9.60. The zero-order valence-electron chi connectivity index (χ0n) is 16.5. The van der Waals surface area contributed by atoms with Crippen molar-refractivity contribution in [2.24, 2.45) is 34.5 Å². The molecule has 0 aromatic rings. The van der Waals surface area contributed by atoms with Gasteiger partial charge in [0.05, 0.1) is 5.60 Å². The Bertz CT molecular complexity index is 559. The summed E-state index contributed by atoms with van der Waals surface area (Å²) in [5, 5.41) is 11.8. The molecule has 1 N–H and O–H groups in total. The van der Waals surface area contributed by atoms with Crippen LogP contribution in [-0.2, 0) is 9.53 Å². The third kappa shape index (κ3) is 2.37. The molecule has 3 heteroatoms. The molecule has 8 atom stereocenters. The summed E-state index contributed by atoms with van der Waals surface area (Å²) in [4.78, 5) is 11.4. The van der Waals surface area contributed by atoms with Crippen LogP contribution in [0.15, 0.2) is 0 Å².